The number of halogens is 1. The monoisotopic (exact) mass is 434 g/mol. The van der Waals surface area contributed by atoms with E-state index >= 15 is 0 Å². The van der Waals surface area contributed by atoms with Gasteiger partial charge in [0.1, 0.15) is 5.82 Å². The molecule has 0 saturated heterocycles. The lowest BCUT2D eigenvalue weighted by atomic mass is 10.0. The van der Waals surface area contributed by atoms with Crippen LogP contribution < -0.4 is 5.32 Å². The fraction of sp³-hybridized carbons (Fsp3) is 0.0833. The number of rotatable bonds is 4. The zero-order valence-electron chi connectivity index (χ0n) is 16.9. The summed E-state index contributed by atoms with van der Waals surface area (Å²) in [7, 11) is -3.55. The molecule has 156 valence electrons. The predicted octanol–water partition coefficient (Wildman–Crippen LogP) is 5.01. The van der Waals surface area contributed by atoms with E-state index in [4.69, 9.17) is 0 Å². The molecule has 0 aliphatic heterocycles. The number of amides is 1. The third-order valence-electron chi connectivity index (χ3n) is 4.92. The first-order chi connectivity index (χ1) is 14.7. The molecule has 5 nitrogen and oxygen atoms in total. The molecule has 0 fully saturated rings. The van der Waals surface area contributed by atoms with Crippen LogP contribution in [0.5, 0.6) is 0 Å². The SMILES string of the molecule is Cc1ccc(-c2cc(C(=O)Nc3cc(S(C)(=O)=O)ccc3F)c3ccccc3n2)cc1. The smallest absolute Gasteiger partial charge is 0.256 e. The number of carbonyl (C=O) groups excluding carboxylic acids is 1. The fourth-order valence-electron chi connectivity index (χ4n) is 3.26. The van der Waals surface area contributed by atoms with Crippen molar-refractivity contribution in [3.63, 3.8) is 0 Å². The number of hydrogen-bond donors (Lipinski definition) is 1. The van der Waals surface area contributed by atoms with Gasteiger partial charge in [-0.15, -0.1) is 0 Å². The number of aryl methyl sites for hydroxylation is 1. The van der Waals surface area contributed by atoms with Crippen molar-refractivity contribution in [3.05, 3.63) is 89.7 Å². The van der Waals surface area contributed by atoms with Gasteiger partial charge in [-0.25, -0.2) is 17.8 Å². The molecule has 0 unspecified atom stereocenters. The molecular weight excluding hydrogens is 415 g/mol. The zero-order chi connectivity index (χ0) is 22.2. The van der Waals surface area contributed by atoms with E-state index in [0.717, 1.165) is 35.6 Å². The van der Waals surface area contributed by atoms with Gasteiger partial charge in [-0.05, 0) is 37.3 Å². The minimum atomic E-state index is -3.55. The van der Waals surface area contributed by atoms with Gasteiger partial charge in [-0.2, -0.15) is 0 Å². The Labute approximate surface area is 179 Å². The molecule has 7 heteroatoms. The van der Waals surface area contributed by atoms with Gasteiger partial charge in [0.05, 0.1) is 27.4 Å². The zero-order valence-corrected chi connectivity index (χ0v) is 17.7. The number of hydrogen-bond acceptors (Lipinski definition) is 4. The van der Waals surface area contributed by atoms with Crippen LogP contribution in [0, 0.1) is 12.7 Å². The van der Waals surface area contributed by atoms with Crippen molar-refractivity contribution >= 4 is 32.3 Å². The van der Waals surface area contributed by atoms with Crippen LogP contribution in [-0.4, -0.2) is 25.6 Å². The second-order valence-electron chi connectivity index (χ2n) is 7.31. The van der Waals surface area contributed by atoms with Crippen molar-refractivity contribution in [2.24, 2.45) is 0 Å². The highest BCUT2D eigenvalue weighted by molar-refractivity contribution is 7.90. The van der Waals surface area contributed by atoms with E-state index in [2.05, 4.69) is 10.3 Å². The molecule has 1 N–H and O–H groups in total. The Kier molecular flexibility index (Phi) is 5.29. The van der Waals surface area contributed by atoms with Crippen LogP contribution in [0.4, 0.5) is 10.1 Å². The lowest BCUT2D eigenvalue weighted by Crippen LogP contribution is -2.14. The Morgan fingerprint density at radius 2 is 1.68 bits per heavy atom. The lowest BCUT2D eigenvalue weighted by Gasteiger charge is -2.12. The normalized spacial score (nSPS) is 11.5. The Morgan fingerprint density at radius 1 is 0.968 bits per heavy atom. The van der Waals surface area contributed by atoms with Crippen LogP contribution in [0.3, 0.4) is 0 Å². The van der Waals surface area contributed by atoms with Crippen molar-refractivity contribution in [2.75, 3.05) is 11.6 Å². The maximum absolute atomic E-state index is 14.3. The van der Waals surface area contributed by atoms with E-state index in [1.165, 1.54) is 0 Å². The number of para-hydroxylation sites is 1. The number of anilines is 1. The second-order valence-corrected chi connectivity index (χ2v) is 9.32. The van der Waals surface area contributed by atoms with Crippen LogP contribution in [0.25, 0.3) is 22.2 Å². The van der Waals surface area contributed by atoms with Gasteiger partial charge in [-0.1, -0.05) is 48.0 Å². The quantitative estimate of drug-likeness (QED) is 0.459. The van der Waals surface area contributed by atoms with E-state index in [1.807, 2.05) is 37.3 Å². The van der Waals surface area contributed by atoms with Gasteiger partial charge in [0, 0.05) is 17.2 Å². The maximum Gasteiger partial charge on any atom is 0.256 e. The van der Waals surface area contributed by atoms with E-state index in [1.54, 1.807) is 24.3 Å². The largest absolute Gasteiger partial charge is 0.319 e. The molecule has 0 spiro atoms. The Morgan fingerprint density at radius 3 is 2.39 bits per heavy atom. The van der Waals surface area contributed by atoms with Crippen LogP contribution >= 0.6 is 0 Å². The topological polar surface area (TPSA) is 76.1 Å². The molecule has 0 bridgehead atoms. The highest BCUT2D eigenvalue weighted by atomic mass is 32.2. The van der Waals surface area contributed by atoms with Crippen LogP contribution in [0.1, 0.15) is 15.9 Å². The predicted molar refractivity (Wildman–Crippen MR) is 119 cm³/mol. The summed E-state index contributed by atoms with van der Waals surface area (Å²) >= 11 is 0. The van der Waals surface area contributed by atoms with E-state index < -0.39 is 21.6 Å². The van der Waals surface area contributed by atoms with Crippen LogP contribution in [0.2, 0.25) is 0 Å². The molecule has 1 amide bonds. The number of carbonyl (C=O) groups is 1. The first-order valence-electron chi connectivity index (χ1n) is 9.50. The summed E-state index contributed by atoms with van der Waals surface area (Å²) in [5.74, 6) is -1.28. The van der Waals surface area contributed by atoms with Crippen molar-refractivity contribution in [2.45, 2.75) is 11.8 Å². The summed E-state index contributed by atoms with van der Waals surface area (Å²) in [5.41, 5.74) is 3.28. The van der Waals surface area contributed by atoms with Gasteiger partial charge in [-0.3, -0.25) is 4.79 Å². The van der Waals surface area contributed by atoms with Crippen molar-refractivity contribution in [1.82, 2.24) is 4.98 Å². The number of nitrogens with zero attached hydrogens (tertiary/aromatic N) is 1. The molecule has 4 rings (SSSR count). The molecule has 31 heavy (non-hydrogen) atoms. The fourth-order valence-corrected chi connectivity index (χ4v) is 3.90. The Bertz CT molecular complexity index is 1410. The average molecular weight is 434 g/mol. The molecule has 0 aliphatic carbocycles. The summed E-state index contributed by atoms with van der Waals surface area (Å²) in [6, 6.07) is 19.9. The van der Waals surface area contributed by atoms with Gasteiger partial charge < -0.3 is 5.32 Å². The molecular formula is C24H19FN2O3S. The second kappa shape index (κ2) is 7.92. The summed E-state index contributed by atoms with van der Waals surface area (Å²) < 4.78 is 37.9. The molecule has 1 heterocycles. The summed E-state index contributed by atoms with van der Waals surface area (Å²) in [6.45, 7) is 1.98. The van der Waals surface area contributed by atoms with E-state index in [9.17, 15) is 17.6 Å². The molecule has 0 radical (unpaired) electrons. The Balaban J connectivity index is 1.80. The summed E-state index contributed by atoms with van der Waals surface area (Å²) in [5, 5.41) is 3.12. The maximum atomic E-state index is 14.3. The van der Waals surface area contributed by atoms with E-state index in [-0.39, 0.29) is 10.6 Å². The minimum absolute atomic E-state index is 0.0795. The minimum Gasteiger partial charge on any atom is -0.319 e. The number of nitrogens with one attached hydrogen (secondary N) is 1. The summed E-state index contributed by atoms with van der Waals surface area (Å²) in [6.07, 6.45) is 1.02. The number of sulfone groups is 1. The standard InChI is InChI=1S/C24H19FN2O3S/c1-15-7-9-16(10-8-15)22-14-19(18-5-3-4-6-21(18)26-22)24(28)27-23-13-17(31(2,29)30)11-12-20(23)25/h3-14H,1-2H3,(H,27,28). The number of fused-ring (bicyclic) bond motifs is 1. The van der Waals surface area contributed by atoms with Gasteiger partial charge in [0.2, 0.25) is 0 Å². The van der Waals surface area contributed by atoms with Gasteiger partial charge >= 0.3 is 0 Å². The van der Waals surface area contributed by atoms with Crippen molar-refractivity contribution in [3.8, 4) is 11.3 Å². The molecule has 0 aliphatic rings. The van der Waals surface area contributed by atoms with E-state index in [0.29, 0.717) is 22.2 Å². The number of benzene rings is 3. The van der Waals surface area contributed by atoms with Gasteiger partial charge in [0.25, 0.3) is 5.91 Å². The highest BCUT2D eigenvalue weighted by Crippen LogP contribution is 2.27. The number of aromatic nitrogens is 1. The van der Waals surface area contributed by atoms with Crippen LogP contribution in [0.15, 0.2) is 77.7 Å². The molecule has 3 aromatic carbocycles. The average Bonchev–Trinajstić information content (AvgIpc) is 2.74. The first kappa shape index (κ1) is 20.7. The summed E-state index contributed by atoms with van der Waals surface area (Å²) in [4.78, 5) is 17.7. The molecule has 0 atom stereocenters. The van der Waals surface area contributed by atoms with Crippen molar-refractivity contribution in [1.29, 1.82) is 0 Å². The first-order valence-corrected chi connectivity index (χ1v) is 11.4. The van der Waals surface area contributed by atoms with Gasteiger partial charge in [0.15, 0.2) is 9.84 Å². The Hall–Kier alpha value is -3.58. The third kappa shape index (κ3) is 4.32. The molecule has 4 aromatic rings. The third-order valence-corrected chi connectivity index (χ3v) is 6.03. The van der Waals surface area contributed by atoms with Crippen molar-refractivity contribution < 1.29 is 17.6 Å². The number of pyridine rings is 1. The molecule has 0 saturated carbocycles. The van der Waals surface area contributed by atoms with Crippen LogP contribution in [-0.2, 0) is 9.84 Å². The highest BCUT2D eigenvalue weighted by Gasteiger charge is 2.17. The molecule has 1 aromatic heterocycles. The lowest BCUT2D eigenvalue weighted by molar-refractivity contribution is 0.102.